The quantitative estimate of drug-likeness (QED) is 0.401. The number of hydrogen-bond acceptors (Lipinski definition) is 8. The van der Waals surface area contributed by atoms with Crippen LogP contribution in [-0.2, 0) is 11.2 Å². The number of hydrogen-bond donors (Lipinski definition) is 1. The molecule has 4 aromatic rings. The first-order valence-electron chi connectivity index (χ1n) is 12.6. The van der Waals surface area contributed by atoms with E-state index in [9.17, 15) is 10.1 Å². The zero-order chi connectivity index (χ0) is 26.5. The number of piperazine rings is 1. The molecule has 1 fully saturated rings. The van der Waals surface area contributed by atoms with E-state index in [2.05, 4.69) is 42.2 Å². The number of fused-ring (bicyclic) bond motifs is 1. The Kier molecular flexibility index (Phi) is 7.43. The Morgan fingerprint density at radius 1 is 1.08 bits per heavy atom. The van der Waals surface area contributed by atoms with Crippen LogP contribution < -0.4 is 15.0 Å². The van der Waals surface area contributed by atoms with Gasteiger partial charge < -0.3 is 15.0 Å². The summed E-state index contributed by atoms with van der Waals surface area (Å²) in [5.41, 5.74) is 3.00. The van der Waals surface area contributed by atoms with Gasteiger partial charge in [-0.1, -0.05) is 13.0 Å². The summed E-state index contributed by atoms with van der Waals surface area (Å²) < 4.78 is 5.44. The Morgan fingerprint density at radius 2 is 1.92 bits per heavy atom. The number of nitrogens with zero attached hydrogens (tertiary/aromatic N) is 6. The number of nitrogens with one attached hydrogen (secondary N) is 1. The van der Waals surface area contributed by atoms with E-state index in [-0.39, 0.29) is 12.5 Å². The maximum atomic E-state index is 13.2. The van der Waals surface area contributed by atoms with E-state index in [1.165, 1.54) is 0 Å². The number of rotatable bonds is 7. The lowest BCUT2D eigenvalue weighted by Crippen LogP contribution is -2.49. The van der Waals surface area contributed by atoms with Gasteiger partial charge >= 0.3 is 0 Å². The lowest BCUT2D eigenvalue weighted by atomic mass is 10.0. The number of aromatic nitrogens is 3. The van der Waals surface area contributed by atoms with Crippen molar-refractivity contribution in [2.24, 2.45) is 0 Å². The molecule has 0 unspecified atom stereocenters. The second kappa shape index (κ2) is 11.2. The summed E-state index contributed by atoms with van der Waals surface area (Å²) in [6, 6.07) is 17.5. The molecule has 1 aliphatic rings. The summed E-state index contributed by atoms with van der Waals surface area (Å²) in [5.74, 6) is 2.10. The first kappa shape index (κ1) is 25.1. The zero-order valence-electron chi connectivity index (χ0n) is 21.5. The Balaban J connectivity index is 1.34. The summed E-state index contributed by atoms with van der Waals surface area (Å²) in [4.78, 5) is 30.8. The third-order valence-corrected chi connectivity index (χ3v) is 6.70. The normalized spacial score (nSPS) is 13.8. The lowest BCUT2D eigenvalue weighted by Gasteiger charge is -2.35. The number of nitriles is 1. The Morgan fingerprint density at radius 3 is 2.68 bits per heavy atom. The maximum Gasteiger partial charge on any atom is 0.238 e. The van der Waals surface area contributed by atoms with Crippen LogP contribution in [0.25, 0.3) is 22.0 Å². The van der Waals surface area contributed by atoms with E-state index in [1.807, 2.05) is 37.3 Å². The second-order valence-corrected chi connectivity index (χ2v) is 9.12. The van der Waals surface area contributed by atoms with Crippen molar-refractivity contribution in [3.63, 3.8) is 0 Å². The standard InChI is InChI=1S/C29H29N7O2/c1-3-27-31-10-8-25(33-27)22-15-20-6-7-23(38-2)17-24(20)26(16-22)34-28(37)19-35-11-13-36(14-12-35)29-21(18-30)5-4-9-32-29/h4-10,15-17H,3,11-14,19H2,1-2H3,(H,34,37). The van der Waals surface area contributed by atoms with Crippen LogP contribution in [0, 0.1) is 11.3 Å². The van der Waals surface area contributed by atoms with Crippen LogP contribution in [0.2, 0.25) is 0 Å². The minimum Gasteiger partial charge on any atom is -0.497 e. The van der Waals surface area contributed by atoms with Gasteiger partial charge in [-0.3, -0.25) is 9.69 Å². The van der Waals surface area contributed by atoms with Crippen molar-refractivity contribution in [2.75, 3.05) is 50.1 Å². The van der Waals surface area contributed by atoms with Gasteiger partial charge in [-0.05, 0) is 47.9 Å². The molecule has 2 aromatic heterocycles. The molecule has 0 radical (unpaired) electrons. The molecule has 5 rings (SSSR count). The van der Waals surface area contributed by atoms with Gasteiger partial charge in [0.1, 0.15) is 23.5 Å². The van der Waals surface area contributed by atoms with E-state index < -0.39 is 0 Å². The highest BCUT2D eigenvalue weighted by Crippen LogP contribution is 2.33. The summed E-state index contributed by atoms with van der Waals surface area (Å²) in [6.07, 6.45) is 4.21. The minimum absolute atomic E-state index is 0.0906. The molecule has 1 aliphatic heterocycles. The summed E-state index contributed by atoms with van der Waals surface area (Å²) in [6.45, 7) is 5.08. The molecule has 1 amide bonds. The summed E-state index contributed by atoms with van der Waals surface area (Å²) in [5, 5.41) is 14.4. The van der Waals surface area contributed by atoms with Gasteiger partial charge in [0.2, 0.25) is 5.91 Å². The first-order chi connectivity index (χ1) is 18.6. The van der Waals surface area contributed by atoms with Crippen LogP contribution in [0.3, 0.4) is 0 Å². The molecular weight excluding hydrogens is 478 g/mol. The average Bonchev–Trinajstić information content (AvgIpc) is 2.97. The third kappa shape index (κ3) is 5.41. The van der Waals surface area contributed by atoms with Crippen molar-refractivity contribution < 1.29 is 9.53 Å². The second-order valence-electron chi connectivity index (χ2n) is 9.12. The number of carbonyl (C=O) groups excluding carboxylic acids is 1. The molecule has 0 aliphatic carbocycles. The molecule has 2 aromatic carbocycles. The van der Waals surface area contributed by atoms with Gasteiger partial charge in [-0.2, -0.15) is 5.26 Å². The van der Waals surface area contributed by atoms with E-state index in [4.69, 9.17) is 4.74 Å². The predicted octanol–water partition coefficient (Wildman–Crippen LogP) is 3.90. The number of benzene rings is 2. The molecule has 3 heterocycles. The monoisotopic (exact) mass is 507 g/mol. The van der Waals surface area contributed by atoms with Crippen molar-refractivity contribution in [1.82, 2.24) is 19.9 Å². The number of anilines is 2. The maximum absolute atomic E-state index is 13.2. The number of pyridine rings is 1. The number of ether oxygens (including phenoxy) is 1. The molecule has 192 valence electrons. The highest BCUT2D eigenvalue weighted by atomic mass is 16.5. The molecule has 0 spiro atoms. The van der Waals surface area contributed by atoms with Crippen molar-refractivity contribution in [2.45, 2.75) is 13.3 Å². The van der Waals surface area contributed by atoms with E-state index in [1.54, 1.807) is 31.6 Å². The number of amides is 1. The van der Waals surface area contributed by atoms with Crippen LogP contribution >= 0.6 is 0 Å². The number of aryl methyl sites for hydroxylation is 1. The molecule has 38 heavy (non-hydrogen) atoms. The molecular formula is C29H29N7O2. The first-order valence-corrected chi connectivity index (χ1v) is 12.6. The molecule has 1 saturated heterocycles. The van der Waals surface area contributed by atoms with Crippen molar-refractivity contribution in [1.29, 1.82) is 5.26 Å². The highest BCUT2D eigenvalue weighted by Gasteiger charge is 2.22. The van der Waals surface area contributed by atoms with E-state index in [0.29, 0.717) is 43.2 Å². The van der Waals surface area contributed by atoms with Gasteiger partial charge in [0.25, 0.3) is 0 Å². The smallest absolute Gasteiger partial charge is 0.238 e. The van der Waals surface area contributed by atoms with Crippen molar-refractivity contribution >= 4 is 28.2 Å². The van der Waals surface area contributed by atoms with Gasteiger partial charge in [-0.25, -0.2) is 15.0 Å². The molecule has 0 bridgehead atoms. The van der Waals surface area contributed by atoms with Crippen LogP contribution in [0.5, 0.6) is 5.75 Å². The Bertz CT molecular complexity index is 1510. The lowest BCUT2D eigenvalue weighted by molar-refractivity contribution is -0.117. The van der Waals surface area contributed by atoms with Gasteiger partial charge in [-0.15, -0.1) is 0 Å². The van der Waals surface area contributed by atoms with E-state index in [0.717, 1.165) is 40.0 Å². The van der Waals surface area contributed by atoms with Crippen LogP contribution in [0.15, 0.2) is 60.9 Å². The fraction of sp³-hybridized carbons (Fsp3) is 0.276. The highest BCUT2D eigenvalue weighted by molar-refractivity contribution is 6.05. The fourth-order valence-electron chi connectivity index (χ4n) is 4.69. The molecule has 9 nitrogen and oxygen atoms in total. The fourth-order valence-corrected chi connectivity index (χ4v) is 4.69. The minimum atomic E-state index is -0.0906. The van der Waals surface area contributed by atoms with Crippen molar-refractivity contribution in [3.8, 4) is 23.1 Å². The molecule has 0 atom stereocenters. The SMILES string of the molecule is CCc1nccc(-c2cc(NC(=O)CN3CCN(c4ncccc4C#N)CC3)c3cc(OC)ccc3c2)n1. The zero-order valence-corrected chi connectivity index (χ0v) is 21.5. The van der Waals surface area contributed by atoms with Crippen molar-refractivity contribution in [3.05, 3.63) is 72.3 Å². The van der Waals surface area contributed by atoms with Crippen LogP contribution in [-0.4, -0.2) is 65.6 Å². The average molecular weight is 508 g/mol. The molecule has 1 N–H and O–H groups in total. The van der Waals surface area contributed by atoms with Crippen LogP contribution in [0.1, 0.15) is 18.3 Å². The topological polar surface area (TPSA) is 107 Å². The van der Waals surface area contributed by atoms with Crippen LogP contribution in [0.4, 0.5) is 11.5 Å². The largest absolute Gasteiger partial charge is 0.497 e. The number of methoxy groups -OCH3 is 1. The number of carbonyl (C=O) groups is 1. The van der Waals surface area contributed by atoms with Gasteiger partial charge in [0, 0.05) is 61.6 Å². The van der Waals surface area contributed by atoms with Gasteiger partial charge in [0.05, 0.1) is 24.9 Å². The summed E-state index contributed by atoms with van der Waals surface area (Å²) in [7, 11) is 1.63. The molecule has 9 heteroatoms. The molecule has 0 saturated carbocycles. The Hall–Kier alpha value is -4.55. The third-order valence-electron chi connectivity index (χ3n) is 6.70. The van der Waals surface area contributed by atoms with E-state index >= 15 is 0 Å². The van der Waals surface area contributed by atoms with Gasteiger partial charge in [0.15, 0.2) is 0 Å². The Labute approximate surface area is 221 Å². The summed E-state index contributed by atoms with van der Waals surface area (Å²) >= 11 is 0. The predicted molar refractivity (Wildman–Crippen MR) is 147 cm³/mol.